The fourth-order valence-electron chi connectivity index (χ4n) is 2.34. The van der Waals surface area contributed by atoms with E-state index in [0.29, 0.717) is 0 Å². The minimum Gasteiger partial charge on any atom is -0.207 e. The summed E-state index contributed by atoms with van der Waals surface area (Å²) in [5.41, 5.74) is 4.26. The van der Waals surface area contributed by atoms with Gasteiger partial charge in [-0.3, -0.25) is 0 Å². The topological polar surface area (TPSA) is 0 Å². The summed E-state index contributed by atoms with van der Waals surface area (Å²) >= 11 is 6.52. The van der Waals surface area contributed by atoms with Crippen LogP contribution in [0.5, 0.6) is 0 Å². The minimum absolute atomic E-state index is 0.218. The molecule has 1 atom stereocenters. The monoisotopic (exact) mass is 290 g/mol. The van der Waals surface area contributed by atoms with Gasteiger partial charge in [0, 0.05) is 0 Å². The Labute approximate surface area is 125 Å². The summed E-state index contributed by atoms with van der Waals surface area (Å²) in [4.78, 5) is 0. The van der Waals surface area contributed by atoms with E-state index in [1.165, 1.54) is 30.5 Å². The molecule has 0 N–H and O–H groups in total. The summed E-state index contributed by atoms with van der Waals surface area (Å²) in [5.74, 6) is -0.218. The molecule has 0 aliphatic heterocycles. The summed E-state index contributed by atoms with van der Waals surface area (Å²) in [6.07, 6.45) is 3.52. The predicted molar refractivity (Wildman–Crippen MR) is 83.9 cm³/mol. The van der Waals surface area contributed by atoms with E-state index < -0.39 is 0 Å². The second kappa shape index (κ2) is 6.90. The molecule has 0 amide bonds. The molecule has 0 saturated heterocycles. The van der Waals surface area contributed by atoms with E-state index in [0.717, 1.165) is 23.1 Å². The van der Waals surface area contributed by atoms with Gasteiger partial charge in [-0.05, 0) is 54.2 Å². The van der Waals surface area contributed by atoms with Crippen LogP contribution in [0.25, 0.3) is 0 Å². The van der Waals surface area contributed by atoms with E-state index in [9.17, 15) is 4.39 Å². The third-order valence-electron chi connectivity index (χ3n) is 3.60. The second-order valence-electron chi connectivity index (χ2n) is 5.21. The van der Waals surface area contributed by atoms with Crippen molar-refractivity contribution in [3.05, 3.63) is 70.5 Å². The summed E-state index contributed by atoms with van der Waals surface area (Å²) in [6, 6.07) is 13.2. The molecule has 0 saturated carbocycles. The zero-order valence-corrected chi connectivity index (χ0v) is 12.8. The molecule has 0 nitrogen and oxygen atoms in total. The second-order valence-corrected chi connectivity index (χ2v) is 5.65. The number of halogens is 2. The van der Waals surface area contributed by atoms with Gasteiger partial charge >= 0.3 is 0 Å². The van der Waals surface area contributed by atoms with Crippen molar-refractivity contribution in [3.8, 4) is 0 Å². The zero-order valence-electron chi connectivity index (χ0n) is 12.0. The Balaban J connectivity index is 2.18. The van der Waals surface area contributed by atoms with Crippen LogP contribution in [0.15, 0.2) is 42.5 Å². The van der Waals surface area contributed by atoms with E-state index >= 15 is 0 Å². The number of aryl methyl sites for hydroxylation is 2. The molecule has 0 aromatic heterocycles. The highest BCUT2D eigenvalue weighted by Crippen LogP contribution is 2.31. The van der Waals surface area contributed by atoms with E-state index in [-0.39, 0.29) is 11.2 Å². The fourth-order valence-corrected chi connectivity index (χ4v) is 2.73. The number of benzene rings is 2. The predicted octanol–water partition coefficient (Wildman–Crippen LogP) is 5.80. The van der Waals surface area contributed by atoms with Crippen LogP contribution >= 0.6 is 11.6 Å². The molecule has 0 aliphatic rings. The maximum absolute atomic E-state index is 13.1. The molecule has 2 heteroatoms. The number of hydrogen-bond acceptors (Lipinski definition) is 0. The highest BCUT2D eigenvalue weighted by molar-refractivity contribution is 6.22. The van der Waals surface area contributed by atoms with Crippen molar-refractivity contribution in [3.63, 3.8) is 0 Å². The third kappa shape index (κ3) is 3.61. The van der Waals surface area contributed by atoms with Crippen LogP contribution < -0.4 is 0 Å². The first-order valence-electron chi connectivity index (χ1n) is 7.10. The standard InChI is InChI=1S/C18H20ClF/c1-3-4-5-14-6-8-15(9-7-14)18(19)17-11-10-16(20)12-13(17)2/h6-12,18H,3-5H2,1-2H3. The van der Waals surface area contributed by atoms with Gasteiger partial charge in [0.2, 0.25) is 0 Å². The minimum atomic E-state index is -0.226. The number of hydrogen-bond donors (Lipinski definition) is 0. The van der Waals surface area contributed by atoms with Crippen LogP contribution in [0.3, 0.4) is 0 Å². The zero-order chi connectivity index (χ0) is 14.5. The molecule has 0 aliphatic carbocycles. The molecule has 2 rings (SSSR count). The van der Waals surface area contributed by atoms with Crippen LogP contribution in [0, 0.1) is 12.7 Å². The lowest BCUT2D eigenvalue weighted by Crippen LogP contribution is -1.97. The van der Waals surface area contributed by atoms with Gasteiger partial charge in [-0.2, -0.15) is 0 Å². The highest BCUT2D eigenvalue weighted by Gasteiger charge is 2.13. The smallest absolute Gasteiger partial charge is 0.123 e. The molecule has 0 heterocycles. The Morgan fingerprint density at radius 2 is 1.80 bits per heavy atom. The van der Waals surface area contributed by atoms with Crippen LogP contribution in [0.2, 0.25) is 0 Å². The first kappa shape index (κ1) is 15.1. The van der Waals surface area contributed by atoms with Gasteiger partial charge in [0.05, 0.1) is 5.38 Å². The maximum Gasteiger partial charge on any atom is 0.123 e. The number of rotatable bonds is 5. The van der Waals surface area contributed by atoms with Gasteiger partial charge in [0.1, 0.15) is 5.82 Å². The number of unbranched alkanes of at least 4 members (excludes halogenated alkanes) is 1. The van der Waals surface area contributed by atoms with Crippen LogP contribution in [0.1, 0.15) is 47.4 Å². The lowest BCUT2D eigenvalue weighted by molar-refractivity contribution is 0.625. The first-order valence-corrected chi connectivity index (χ1v) is 7.54. The maximum atomic E-state index is 13.1. The largest absolute Gasteiger partial charge is 0.207 e. The van der Waals surface area contributed by atoms with Crippen molar-refractivity contribution < 1.29 is 4.39 Å². The lowest BCUT2D eigenvalue weighted by atomic mass is 9.98. The average Bonchev–Trinajstić information content (AvgIpc) is 2.45. The molecular weight excluding hydrogens is 271 g/mol. The number of alkyl halides is 1. The fraction of sp³-hybridized carbons (Fsp3) is 0.333. The molecule has 2 aromatic rings. The normalized spacial score (nSPS) is 12.4. The third-order valence-corrected chi connectivity index (χ3v) is 4.08. The molecule has 106 valence electrons. The van der Waals surface area contributed by atoms with Crippen LogP contribution in [0.4, 0.5) is 4.39 Å². The summed E-state index contributed by atoms with van der Waals surface area (Å²) in [7, 11) is 0. The van der Waals surface area contributed by atoms with Crippen molar-refractivity contribution in [2.24, 2.45) is 0 Å². The van der Waals surface area contributed by atoms with E-state index in [4.69, 9.17) is 11.6 Å². The van der Waals surface area contributed by atoms with Gasteiger partial charge in [-0.1, -0.05) is 43.7 Å². The summed E-state index contributed by atoms with van der Waals surface area (Å²) in [5, 5.41) is -0.226. The van der Waals surface area contributed by atoms with Crippen LogP contribution in [-0.4, -0.2) is 0 Å². The van der Waals surface area contributed by atoms with Crippen molar-refractivity contribution in [2.45, 2.75) is 38.5 Å². The Morgan fingerprint density at radius 1 is 1.10 bits per heavy atom. The first-order chi connectivity index (χ1) is 9.61. The molecular formula is C18H20ClF. The SMILES string of the molecule is CCCCc1ccc(C(Cl)c2ccc(F)cc2C)cc1. The summed E-state index contributed by atoms with van der Waals surface area (Å²) < 4.78 is 13.1. The molecule has 0 radical (unpaired) electrons. The molecule has 0 spiro atoms. The van der Waals surface area contributed by atoms with Crippen molar-refractivity contribution in [2.75, 3.05) is 0 Å². The van der Waals surface area contributed by atoms with Crippen molar-refractivity contribution >= 4 is 11.6 Å². The Hall–Kier alpha value is -1.34. The Kier molecular flexibility index (Phi) is 5.19. The molecule has 20 heavy (non-hydrogen) atoms. The molecule has 2 aromatic carbocycles. The van der Waals surface area contributed by atoms with Gasteiger partial charge < -0.3 is 0 Å². The van der Waals surface area contributed by atoms with Gasteiger partial charge in [-0.15, -0.1) is 11.6 Å². The van der Waals surface area contributed by atoms with E-state index in [1.54, 1.807) is 6.07 Å². The van der Waals surface area contributed by atoms with Crippen molar-refractivity contribution in [1.82, 2.24) is 0 Å². The molecule has 0 fully saturated rings. The summed E-state index contributed by atoms with van der Waals surface area (Å²) in [6.45, 7) is 4.09. The Bertz CT molecular complexity index is 560. The van der Waals surface area contributed by atoms with Gasteiger partial charge in [0.15, 0.2) is 0 Å². The quantitative estimate of drug-likeness (QED) is 0.610. The van der Waals surface area contributed by atoms with Crippen molar-refractivity contribution in [1.29, 1.82) is 0 Å². The Morgan fingerprint density at radius 3 is 2.40 bits per heavy atom. The lowest BCUT2D eigenvalue weighted by Gasteiger charge is -2.14. The molecule has 1 unspecified atom stereocenters. The van der Waals surface area contributed by atoms with E-state index in [1.807, 2.05) is 6.92 Å². The van der Waals surface area contributed by atoms with Crippen LogP contribution in [-0.2, 0) is 6.42 Å². The van der Waals surface area contributed by atoms with Gasteiger partial charge in [-0.25, -0.2) is 4.39 Å². The van der Waals surface area contributed by atoms with Gasteiger partial charge in [0.25, 0.3) is 0 Å². The van der Waals surface area contributed by atoms with E-state index in [2.05, 4.69) is 31.2 Å². The highest BCUT2D eigenvalue weighted by atomic mass is 35.5. The molecule has 0 bridgehead atoms. The average molecular weight is 291 g/mol.